The Morgan fingerprint density at radius 3 is 2.77 bits per heavy atom. The minimum absolute atomic E-state index is 0.0262. The van der Waals surface area contributed by atoms with Crippen molar-refractivity contribution >= 4 is 0 Å². The SMILES string of the molecule is CC1(N(N)C2CCOC2)CCOC1. The fraction of sp³-hybridized carbons (Fsp3) is 1.00. The lowest BCUT2D eigenvalue weighted by molar-refractivity contribution is 0.0353. The van der Waals surface area contributed by atoms with Crippen molar-refractivity contribution in [1.29, 1.82) is 0 Å². The average Bonchev–Trinajstić information content (AvgIpc) is 2.73. The molecule has 2 saturated heterocycles. The molecule has 0 aromatic heterocycles. The predicted octanol–water partition coefficient (Wildman–Crippen LogP) is 0.130. The molecular formula is C9H18N2O2. The molecule has 0 radical (unpaired) electrons. The van der Waals surface area contributed by atoms with E-state index in [1.54, 1.807) is 0 Å². The van der Waals surface area contributed by atoms with E-state index in [9.17, 15) is 0 Å². The van der Waals surface area contributed by atoms with Crippen LogP contribution in [0, 0.1) is 0 Å². The lowest BCUT2D eigenvalue weighted by atomic mass is 9.99. The molecule has 0 aliphatic carbocycles. The third-order valence-electron chi connectivity index (χ3n) is 3.12. The molecular weight excluding hydrogens is 168 g/mol. The van der Waals surface area contributed by atoms with Crippen LogP contribution in [0.1, 0.15) is 19.8 Å². The molecule has 4 heteroatoms. The summed E-state index contributed by atoms with van der Waals surface area (Å²) in [5.41, 5.74) is 0.0262. The monoisotopic (exact) mass is 186 g/mol. The minimum atomic E-state index is 0.0262. The van der Waals surface area contributed by atoms with Gasteiger partial charge in [-0.2, -0.15) is 0 Å². The van der Waals surface area contributed by atoms with Gasteiger partial charge in [0, 0.05) is 13.2 Å². The summed E-state index contributed by atoms with van der Waals surface area (Å²) in [4.78, 5) is 0. The second-order valence-corrected chi connectivity index (χ2v) is 4.22. The molecule has 2 rings (SSSR count). The standard InChI is InChI=1S/C9H18N2O2/c1-9(3-5-13-7-9)11(10)8-2-4-12-6-8/h8H,2-7,10H2,1H3. The van der Waals surface area contributed by atoms with Crippen molar-refractivity contribution < 1.29 is 9.47 Å². The van der Waals surface area contributed by atoms with Crippen LogP contribution in [0.2, 0.25) is 0 Å². The first-order chi connectivity index (χ1) is 6.22. The second kappa shape index (κ2) is 3.53. The summed E-state index contributed by atoms with van der Waals surface area (Å²) < 4.78 is 10.7. The van der Waals surface area contributed by atoms with Crippen LogP contribution >= 0.6 is 0 Å². The number of rotatable bonds is 2. The molecule has 0 spiro atoms. The molecule has 0 aromatic carbocycles. The number of nitrogens with zero attached hydrogens (tertiary/aromatic N) is 1. The maximum atomic E-state index is 6.09. The van der Waals surface area contributed by atoms with E-state index in [1.807, 2.05) is 5.01 Å². The summed E-state index contributed by atoms with van der Waals surface area (Å²) in [6.07, 6.45) is 2.08. The summed E-state index contributed by atoms with van der Waals surface area (Å²) in [5, 5.41) is 1.95. The van der Waals surface area contributed by atoms with E-state index < -0.39 is 0 Å². The summed E-state index contributed by atoms with van der Waals surface area (Å²) in [6.45, 7) is 5.36. The summed E-state index contributed by atoms with van der Waals surface area (Å²) >= 11 is 0. The van der Waals surface area contributed by atoms with Crippen molar-refractivity contribution in [2.45, 2.75) is 31.3 Å². The maximum Gasteiger partial charge on any atom is 0.0662 e. The average molecular weight is 186 g/mol. The van der Waals surface area contributed by atoms with E-state index in [-0.39, 0.29) is 5.54 Å². The normalized spacial score (nSPS) is 40.4. The molecule has 2 heterocycles. The zero-order valence-electron chi connectivity index (χ0n) is 8.16. The first-order valence-electron chi connectivity index (χ1n) is 4.92. The maximum absolute atomic E-state index is 6.09. The van der Waals surface area contributed by atoms with E-state index in [1.165, 1.54) is 0 Å². The lowest BCUT2D eigenvalue weighted by Crippen LogP contribution is -2.56. The molecule has 0 amide bonds. The van der Waals surface area contributed by atoms with Gasteiger partial charge in [-0.05, 0) is 19.8 Å². The molecule has 2 atom stereocenters. The molecule has 2 N–H and O–H groups in total. The van der Waals surface area contributed by atoms with Crippen molar-refractivity contribution in [2.24, 2.45) is 5.84 Å². The van der Waals surface area contributed by atoms with Gasteiger partial charge >= 0.3 is 0 Å². The van der Waals surface area contributed by atoms with Gasteiger partial charge in [0.2, 0.25) is 0 Å². The van der Waals surface area contributed by atoms with E-state index in [0.29, 0.717) is 6.04 Å². The Hall–Kier alpha value is -0.160. The zero-order valence-corrected chi connectivity index (χ0v) is 8.16. The molecule has 0 bridgehead atoms. The Balaban J connectivity index is 1.97. The molecule has 0 aromatic rings. The smallest absolute Gasteiger partial charge is 0.0662 e. The Morgan fingerprint density at radius 2 is 2.23 bits per heavy atom. The fourth-order valence-corrected chi connectivity index (χ4v) is 2.04. The number of nitrogens with two attached hydrogens (primary N) is 1. The number of hydrogen-bond acceptors (Lipinski definition) is 4. The van der Waals surface area contributed by atoms with E-state index in [2.05, 4.69) is 6.92 Å². The van der Waals surface area contributed by atoms with Gasteiger partial charge in [-0.1, -0.05) is 0 Å². The number of hydrazine groups is 1. The molecule has 2 unspecified atom stereocenters. The van der Waals surface area contributed by atoms with Crippen molar-refractivity contribution in [1.82, 2.24) is 5.01 Å². The van der Waals surface area contributed by atoms with Crippen LogP contribution in [0.4, 0.5) is 0 Å². The highest BCUT2D eigenvalue weighted by atomic mass is 16.5. The van der Waals surface area contributed by atoms with Crippen molar-refractivity contribution in [2.75, 3.05) is 26.4 Å². The summed E-state index contributed by atoms with van der Waals surface area (Å²) in [5.74, 6) is 6.09. The minimum Gasteiger partial charge on any atom is -0.380 e. The van der Waals surface area contributed by atoms with Crippen molar-refractivity contribution in [3.63, 3.8) is 0 Å². The highest BCUT2D eigenvalue weighted by Gasteiger charge is 2.39. The van der Waals surface area contributed by atoms with Gasteiger partial charge in [0.1, 0.15) is 0 Å². The molecule has 2 aliphatic rings. The van der Waals surface area contributed by atoms with Gasteiger partial charge < -0.3 is 9.47 Å². The molecule has 2 aliphatic heterocycles. The van der Waals surface area contributed by atoms with Crippen LogP contribution in [0.3, 0.4) is 0 Å². The molecule has 2 fully saturated rings. The third kappa shape index (κ3) is 1.72. The second-order valence-electron chi connectivity index (χ2n) is 4.22. The lowest BCUT2D eigenvalue weighted by Gasteiger charge is -2.37. The van der Waals surface area contributed by atoms with Gasteiger partial charge in [0.05, 0.1) is 24.8 Å². The van der Waals surface area contributed by atoms with Gasteiger partial charge in [0.15, 0.2) is 0 Å². The van der Waals surface area contributed by atoms with E-state index in [0.717, 1.165) is 39.3 Å². The van der Waals surface area contributed by atoms with Gasteiger partial charge in [0.25, 0.3) is 0 Å². The largest absolute Gasteiger partial charge is 0.380 e. The molecule has 0 saturated carbocycles. The van der Waals surface area contributed by atoms with Gasteiger partial charge in [-0.25, -0.2) is 5.01 Å². The Bertz CT molecular complexity index is 174. The number of hydrogen-bond donors (Lipinski definition) is 1. The molecule has 13 heavy (non-hydrogen) atoms. The van der Waals surface area contributed by atoms with Crippen LogP contribution in [0.15, 0.2) is 0 Å². The Morgan fingerprint density at radius 1 is 1.38 bits per heavy atom. The van der Waals surface area contributed by atoms with Crippen LogP contribution in [0.5, 0.6) is 0 Å². The third-order valence-corrected chi connectivity index (χ3v) is 3.12. The summed E-state index contributed by atoms with van der Waals surface area (Å²) in [7, 11) is 0. The van der Waals surface area contributed by atoms with Crippen molar-refractivity contribution in [3.8, 4) is 0 Å². The van der Waals surface area contributed by atoms with E-state index in [4.69, 9.17) is 15.3 Å². The van der Waals surface area contributed by atoms with Crippen LogP contribution in [-0.4, -0.2) is 43.0 Å². The number of ether oxygens (including phenoxy) is 2. The van der Waals surface area contributed by atoms with Crippen LogP contribution < -0.4 is 5.84 Å². The van der Waals surface area contributed by atoms with E-state index >= 15 is 0 Å². The quantitative estimate of drug-likeness (QED) is 0.492. The summed E-state index contributed by atoms with van der Waals surface area (Å²) in [6, 6.07) is 0.381. The first kappa shape index (κ1) is 9.40. The highest BCUT2D eigenvalue weighted by Crippen LogP contribution is 2.27. The zero-order chi connectivity index (χ0) is 9.31. The van der Waals surface area contributed by atoms with Crippen LogP contribution in [-0.2, 0) is 9.47 Å². The Kier molecular flexibility index (Phi) is 2.55. The van der Waals surface area contributed by atoms with Crippen molar-refractivity contribution in [3.05, 3.63) is 0 Å². The molecule has 4 nitrogen and oxygen atoms in total. The van der Waals surface area contributed by atoms with Gasteiger partial charge in [-0.3, -0.25) is 5.84 Å². The topological polar surface area (TPSA) is 47.7 Å². The fourth-order valence-electron chi connectivity index (χ4n) is 2.04. The first-order valence-corrected chi connectivity index (χ1v) is 4.92. The van der Waals surface area contributed by atoms with Gasteiger partial charge in [-0.15, -0.1) is 0 Å². The Labute approximate surface area is 78.9 Å². The highest BCUT2D eigenvalue weighted by molar-refractivity contribution is 4.91. The predicted molar refractivity (Wildman–Crippen MR) is 49.1 cm³/mol. The van der Waals surface area contributed by atoms with Crippen LogP contribution in [0.25, 0.3) is 0 Å². The molecule has 76 valence electrons.